The van der Waals surface area contributed by atoms with Crippen LogP contribution >= 0.6 is 11.6 Å². The molecule has 5 rings (SSSR count). The summed E-state index contributed by atoms with van der Waals surface area (Å²) in [5.74, 6) is 1.17. The third kappa shape index (κ3) is 4.51. The van der Waals surface area contributed by atoms with Crippen molar-refractivity contribution in [3.63, 3.8) is 0 Å². The summed E-state index contributed by atoms with van der Waals surface area (Å²) in [6.45, 7) is 2.92. The van der Waals surface area contributed by atoms with E-state index in [1.54, 1.807) is 22.8 Å². The standard InChI is InChI=1S/C22H26ClN7O5S/c1-13(18(34-3)19-24-9-14(23)10-25-19)36(31,32)29-21-28-27-20(16-5-4-6-17(26-16)33-2)30(21)15-7-22(8-15)11-35-12-22/h4-6,9-10,13,15,18H,7-8,11-12H2,1-3H3,(H,28,29)/t13-,18-/m0/s1. The number of hydrogen-bond acceptors (Lipinski definition) is 10. The summed E-state index contributed by atoms with van der Waals surface area (Å²) in [6, 6.07) is 5.29. The lowest BCUT2D eigenvalue weighted by Gasteiger charge is -2.53. The molecular formula is C22H26ClN7O5S. The van der Waals surface area contributed by atoms with Crippen LogP contribution in [0.4, 0.5) is 5.95 Å². The number of aromatic nitrogens is 6. The van der Waals surface area contributed by atoms with Crippen molar-refractivity contribution in [3.8, 4) is 17.4 Å². The third-order valence-electron chi connectivity index (χ3n) is 6.67. The van der Waals surface area contributed by atoms with Crippen LogP contribution < -0.4 is 9.46 Å². The fourth-order valence-electron chi connectivity index (χ4n) is 4.64. The average Bonchev–Trinajstić information content (AvgIpc) is 3.21. The summed E-state index contributed by atoms with van der Waals surface area (Å²) >= 11 is 5.87. The fraction of sp³-hybridized carbons (Fsp3) is 0.500. The zero-order chi connectivity index (χ0) is 25.5. The number of nitrogens with zero attached hydrogens (tertiary/aromatic N) is 6. The maximum Gasteiger partial charge on any atom is 0.240 e. The first-order valence-corrected chi connectivity index (χ1v) is 13.2. The van der Waals surface area contributed by atoms with Crippen LogP contribution in [0.1, 0.15) is 37.7 Å². The molecule has 2 fully saturated rings. The van der Waals surface area contributed by atoms with Gasteiger partial charge in [0.15, 0.2) is 11.6 Å². The number of ether oxygens (including phenoxy) is 3. The maximum atomic E-state index is 13.5. The Bertz CT molecular complexity index is 1340. The number of sulfonamides is 1. The van der Waals surface area contributed by atoms with E-state index in [1.165, 1.54) is 33.5 Å². The minimum atomic E-state index is -4.01. The SMILES string of the molecule is COc1cccc(-c2nnc(NS(=O)(=O)[C@@H](C)[C@H](OC)c3ncc(Cl)cn3)n2C2CC3(COC3)C2)n1. The average molecular weight is 536 g/mol. The van der Waals surface area contributed by atoms with E-state index in [2.05, 4.69) is 29.9 Å². The van der Waals surface area contributed by atoms with Crippen LogP contribution in [0.15, 0.2) is 30.6 Å². The second-order valence-corrected chi connectivity index (χ2v) is 11.6. The van der Waals surface area contributed by atoms with Crippen molar-refractivity contribution in [2.45, 2.75) is 37.2 Å². The molecule has 1 saturated carbocycles. The van der Waals surface area contributed by atoms with Crippen molar-refractivity contribution in [2.24, 2.45) is 5.41 Å². The largest absolute Gasteiger partial charge is 0.481 e. The highest BCUT2D eigenvalue weighted by Gasteiger charge is 2.51. The normalized spacial score (nSPS) is 18.8. The van der Waals surface area contributed by atoms with Gasteiger partial charge in [0.05, 0.1) is 25.3 Å². The van der Waals surface area contributed by atoms with E-state index >= 15 is 0 Å². The molecule has 14 heteroatoms. The molecule has 1 N–H and O–H groups in total. The van der Waals surface area contributed by atoms with E-state index in [-0.39, 0.29) is 23.2 Å². The van der Waals surface area contributed by atoms with Gasteiger partial charge in [-0.15, -0.1) is 10.2 Å². The zero-order valence-electron chi connectivity index (χ0n) is 20.0. The number of anilines is 1. The van der Waals surface area contributed by atoms with E-state index in [0.717, 1.165) is 12.8 Å². The molecule has 192 valence electrons. The minimum absolute atomic E-state index is 0.0160. The Morgan fingerprint density at radius 3 is 2.53 bits per heavy atom. The summed E-state index contributed by atoms with van der Waals surface area (Å²) in [5.41, 5.74) is 0.653. The van der Waals surface area contributed by atoms with Gasteiger partial charge < -0.3 is 14.2 Å². The lowest BCUT2D eigenvalue weighted by atomic mass is 9.64. The van der Waals surface area contributed by atoms with E-state index in [4.69, 9.17) is 25.8 Å². The molecule has 2 atom stereocenters. The van der Waals surface area contributed by atoms with Gasteiger partial charge in [0.2, 0.25) is 21.9 Å². The summed E-state index contributed by atoms with van der Waals surface area (Å²) < 4.78 is 47.4. The lowest BCUT2D eigenvalue weighted by molar-refractivity contribution is -0.174. The Kier molecular flexibility index (Phi) is 6.57. The third-order valence-corrected chi connectivity index (χ3v) is 8.56. The van der Waals surface area contributed by atoms with Crippen LogP contribution in [0.2, 0.25) is 5.02 Å². The first-order valence-electron chi connectivity index (χ1n) is 11.3. The summed E-state index contributed by atoms with van der Waals surface area (Å²) in [7, 11) is -1.08. The number of rotatable bonds is 9. The van der Waals surface area contributed by atoms with Crippen LogP contribution in [0.25, 0.3) is 11.5 Å². The Balaban J connectivity index is 1.46. The van der Waals surface area contributed by atoms with Crippen LogP contribution in [0.3, 0.4) is 0 Å². The minimum Gasteiger partial charge on any atom is -0.481 e. The summed E-state index contributed by atoms with van der Waals surface area (Å²) in [6.07, 6.45) is 3.50. The molecular weight excluding hydrogens is 510 g/mol. The molecule has 3 aromatic rings. The highest BCUT2D eigenvalue weighted by molar-refractivity contribution is 7.93. The van der Waals surface area contributed by atoms with Gasteiger partial charge in [0.25, 0.3) is 0 Å². The maximum absolute atomic E-state index is 13.5. The molecule has 1 saturated heterocycles. The monoisotopic (exact) mass is 535 g/mol. The molecule has 1 aliphatic carbocycles. The van der Waals surface area contributed by atoms with Crippen LogP contribution in [-0.2, 0) is 19.5 Å². The van der Waals surface area contributed by atoms with Gasteiger partial charge in [-0.25, -0.2) is 23.4 Å². The Morgan fingerprint density at radius 2 is 1.92 bits per heavy atom. The highest BCUT2D eigenvalue weighted by atomic mass is 35.5. The predicted octanol–water partition coefficient (Wildman–Crippen LogP) is 2.66. The van der Waals surface area contributed by atoms with Gasteiger partial charge in [-0.2, -0.15) is 0 Å². The summed E-state index contributed by atoms with van der Waals surface area (Å²) in [5, 5.41) is 7.78. The first kappa shape index (κ1) is 24.8. The molecule has 1 spiro atoms. The smallest absolute Gasteiger partial charge is 0.240 e. The molecule has 0 unspecified atom stereocenters. The van der Waals surface area contributed by atoms with Gasteiger partial charge in [0, 0.05) is 37.0 Å². The predicted molar refractivity (Wildman–Crippen MR) is 130 cm³/mol. The van der Waals surface area contributed by atoms with E-state index in [9.17, 15) is 8.42 Å². The van der Waals surface area contributed by atoms with Gasteiger partial charge in [-0.1, -0.05) is 17.7 Å². The van der Waals surface area contributed by atoms with Gasteiger partial charge >= 0.3 is 0 Å². The van der Waals surface area contributed by atoms with Crippen molar-refractivity contribution in [2.75, 3.05) is 32.2 Å². The Morgan fingerprint density at radius 1 is 1.19 bits per heavy atom. The van der Waals surface area contributed by atoms with Crippen LogP contribution in [0.5, 0.6) is 5.88 Å². The molecule has 1 aliphatic heterocycles. The first-order chi connectivity index (χ1) is 17.2. The molecule has 0 aromatic carbocycles. The summed E-state index contributed by atoms with van der Waals surface area (Å²) in [4.78, 5) is 12.7. The number of methoxy groups -OCH3 is 2. The van der Waals surface area contributed by atoms with Gasteiger partial charge in [-0.3, -0.25) is 9.29 Å². The van der Waals surface area contributed by atoms with E-state index < -0.39 is 21.4 Å². The number of pyridine rings is 1. The van der Waals surface area contributed by atoms with Gasteiger partial charge in [-0.05, 0) is 25.8 Å². The number of nitrogens with one attached hydrogen (secondary N) is 1. The van der Waals surface area contributed by atoms with Crippen LogP contribution in [0, 0.1) is 5.41 Å². The van der Waals surface area contributed by atoms with Crippen molar-refractivity contribution < 1.29 is 22.6 Å². The second kappa shape index (κ2) is 9.54. The molecule has 0 amide bonds. The van der Waals surface area contributed by atoms with Crippen molar-refractivity contribution in [1.82, 2.24) is 29.7 Å². The quantitative estimate of drug-likeness (QED) is 0.434. The molecule has 36 heavy (non-hydrogen) atoms. The number of halogens is 1. The van der Waals surface area contributed by atoms with E-state index in [0.29, 0.717) is 35.6 Å². The molecule has 4 heterocycles. The molecule has 0 radical (unpaired) electrons. The van der Waals surface area contributed by atoms with Crippen molar-refractivity contribution in [1.29, 1.82) is 0 Å². The van der Waals surface area contributed by atoms with Crippen molar-refractivity contribution in [3.05, 3.63) is 41.4 Å². The molecule has 0 bridgehead atoms. The fourth-order valence-corrected chi connectivity index (χ4v) is 5.88. The molecule has 2 aliphatic rings. The molecule has 12 nitrogen and oxygen atoms in total. The number of hydrogen-bond donors (Lipinski definition) is 1. The van der Waals surface area contributed by atoms with Crippen molar-refractivity contribution >= 4 is 27.6 Å². The Hall–Kier alpha value is -2.87. The van der Waals surface area contributed by atoms with Gasteiger partial charge in [0.1, 0.15) is 17.0 Å². The highest BCUT2D eigenvalue weighted by Crippen LogP contribution is 2.54. The lowest BCUT2D eigenvalue weighted by Crippen LogP contribution is -2.52. The van der Waals surface area contributed by atoms with E-state index in [1.807, 2.05) is 0 Å². The molecule has 3 aromatic heterocycles. The topological polar surface area (TPSA) is 143 Å². The zero-order valence-corrected chi connectivity index (χ0v) is 21.5. The van der Waals surface area contributed by atoms with Crippen LogP contribution in [-0.4, -0.2) is 70.8 Å². The second-order valence-electron chi connectivity index (χ2n) is 9.11. The Labute approximate surface area is 213 Å².